The number of Topliss-reactive ketones (excluding diaryl/α,β-unsaturated/α-hetero) is 1. The van der Waals surface area contributed by atoms with Crippen molar-refractivity contribution < 1.29 is 28.9 Å². The van der Waals surface area contributed by atoms with Gasteiger partial charge in [0.05, 0.1) is 35.0 Å². The summed E-state index contributed by atoms with van der Waals surface area (Å²) < 4.78 is 18.1. The van der Waals surface area contributed by atoms with Crippen molar-refractivity contribution in [2.45, 2.75) is 45.8 Å². The lowest BCUT2D eigenvalue weighted by atomic mass is 9.94. The fourth-order valence-electron chi connectivity index (χ4n) is 5.32. The summed E-state index contributed by atoms with van der Waals surface area (Å²) in [6, 6.07) is 17.3. The van der Waals surface area contributed by atoms with Gasteiger partial charge in [0, 0.05) is 12.0 Å². The lowest BCUT2D eigenvalue weighted by Gasteiger charge is -2.23. The number of fused-ring (bicyclic) bond motifs is 2. The van der Waals surface area contributed by atoms with E-state index in [1.165, 1.54) is 16.2 Å². The molecule has 1 amide bonds. The SMILES string of the molecule is CCCOc1cccc(C2/C(=C(\O)c3ccc4c(c3)CC(C)O4)C(=O)C(=O)N2c2nc3ccc(OCC)cc3s2)c1. The number of benzene rings is 3. The van der Waals surface area contributed by atoms with E-state index in [4.69, 9.17) is 19.2 Å². The van der Waals surface area contributed by atoms with Gasteiger partial charge in [-0.15, -0.1) is 0 Å². The van der Waals surface area contributed by atoms with E-state index in [1.54, 1.807) is 12.1 Å². The second-order valence-corrected chi connectivity index (χ2v) is 11.1. The lowest BCUT2D eigenvalue weighted by Crippen LogP contribution is -2.29. The number of nitrogens with zero attached hydrogens (tertiary/aromatic N) is 2. The number of carbonyl (C=O) groups is 2. The van der Waals surface area contributed by atoms with Crippen LogP contribution in [-0.4, -0.2) is 41.1 Å². The van der Waals surface area contributed by atoms with Gasteiger partial charge < -0.3 is 19.3 Å². The number of thiazole rings is 1. The molecule has 41 heavy (non-hydrogen) atoms. The van der Waals surface area contributed by atoms with Crippen molar-refractivity contribution in [2.75, 3.05) is 18.1 Å². The Balaban J connectivity index is 1.50. The number of hydrogen-bond acceptors (Lipinski definition) is 8. The summed E-state index contributed by atoms with van der Waals surface area (Å²) in [6.45, 7) is 6.96. The number of carbonyl (C=O) groups excluding carboxylic acids is 2. The highest BCUT2D eigenvalue weighted by atomic mass is 32.1. The molecule has 6 rings (SSSR count). The second-order valence-electron chi connectivity index (χ2n) is 10.1. The van der Waals surface area contributed by atoms with Crippen LogP contribution in [-0.2, 0) is 16.0 Å². The van der Waals surface area contributed by atoms with Crippen molar-refractivity contribution >= 4 is 44.1 Å². The summed E-state index contributed by atoms with van der Waals surface area (Å²) in [7, 11) is 0. The Bertz CT molecular complexity index is 1690. The molecule has 9 heteroatoms. The zero-order valence-corrected chi connectivity index (χ0v) is 23.9. The summed E-state index contributed by atoms with van der Waals surface area (Å²) in [4.78, 5) is 33.5. The Hall–Kier alpha value is -4.37. The monoisotopic (exact) mass is 570 g/mol. The Morgan fingerprint density at radius 3 is 2.71 bits per heavy atom. The molecule has 0 spiro atoms. The number of aliphatic hydroxyl groups excluding tert-OH is 1. The van der Waals surface area contributed by atoms with Gasteiger partial charge in [0.1, 0.15) is 29.1 Å². The fraction of sp³-hybridized carbons (Fsp3) is 0.281. The van der Waals surface area contributed by atoms with Crippen LogP contribution in [0.1, 0.15) is 49.9 Å². The van der Waals surface area contributed by atoms with Gasteiger partial charge in [-0.3, -0.25) is 14.5 Å². The number of aliphatic hydroxyl groups is 1. The van der Waals surface area contributed by atoms with E-state index in [2.05, 4.69) is 0 Å². The highest BCUT2D eigenvalue weighted by Gasteiger charge is 2.48. The molecule has 0 radical (unpaired) electrons. The van der Waals surface area contributed by atoms with E-state index in [1.807, 2.05) is 69.3 Å². The van der Waals surface area contributed by atoms with Crippen LogP contribution in [0.15, 0.2) is 66.2 Å². The smallest absolute Gasteiger partial charge is 0.301 e. The summed E-state index contributed by atoms with van der Waals surface area (Å²) in [5.41, 5.74) is 2.71. The first-order chi connectivity index (χ1) is 19.9. The van der Waals surface area contributed by atoms with Crippen LogP contribution in [0.3, 0.4) is 0 Å². The molecule has 1 N–H and O–H groups in total. The van der Waals surface area contributed by atoms with Gasteiger partial charge in [0.2, 0.25) is 0 Å². The zero-order valence-electron chi connectivity index (χ0n) is 23.0. The van der Waals surface area contributed by atoms with Gasteiger partial charge in [-0.05, 0) is 79.9 Å². The summed E-state index contributed by atoms with van der Waals surface area (Å²) in [5, 5.41) is 12.0. The number of rotatable bonds is 8. The van der Waals surface area contributed by atoms with E-state index in [-0.39, 0.29) is 17.4 Å². The third-order valence-corrected chi connectivity index (χ3v) is 8.14. The molecule has 3 aromatic carbocycles. The molecular weight excluding hydrogens is 540 g/mol. The minimum atomic E-state index is -0.907. The Morgan fingerprint density at radius 2 is 1.90 bits per heavy atom. The number of amides is 1. The van der Waals surface area contributed by atoms with E-state index in [0.717, 1.165) is 22.4 Å². The van der Waals surface area contributed by atoms with Gasteiger partial charge in [-0.1, -0.05) is 30.4 Å². The first kappa shape index (κ1) is 26.8. The second kappa shape index (κ2) is 10.9. The molecule has 0 saturated carbocycles. The maximum atomic E-state index is 13.7. The van der Waals surface area contributed by atoms with Crippen LogP contribution in [0, 0.1) is 0 Å². The molecule has 2 atom stereocenters. The minimum Gasteiger partial charge on any atom is -0.507 e. The maximum absolute atomic E-state index is 13.7. The van der Waals surface area contributed by atoms with Crippen molar-refractivity contribution in [2.24, 2.45) is 0 Å². The molecule has 2 aliphatic rings. The summed E-state index contributed by atoms with van der Waals surface area (Å²) >= 11 is 1.29. The molecule has 2 unspecified atom stereocenters. The molecule has 0 bridgehead atoms. The van der Waals surface area contributed by atoms with Crippen molar-refractivity contribution in [1.82, 2.24) is 4.98 Å². The highest BCUT2D eigenvalue weighted by Crippen LogP contribution is 2.45. The van der Waals surface area contributed by atoms with Gasteiger partial charge in [0.25, 0.3) is 5.78 Å². The third kappa shape index (κ3) is 4.91. The van der Waals surface area contributed by atoms with E-state index in [9.17, 15) is 14.7 Å². The van der Waals surface area contributed by atoms with Crippen LogP contribution in [0.2, 0.25) is 0 Å². The molecule has 210 valence electrons. The topological polar surface area (TPSA) is 98.2 Å². The van der Waals surface area contributed by atoms with E-state index in [0.29, 0.717) is 52.9 Å². The Morgan fingerprint density at radius 1 is 1.07 bits per heavy atom. The number of ether oxygens (including phenoxy) is 3. The van der Waals surface area contributed by atoms with Crippen LogP contribution >= 0.6 is 11.3 Å². The molecule has 1 aromatic heterocycles. The fourth-order valence-corrected chi connectivity index (χ4v) is 6.34. The Labute approximate surface area is 241 Å². The van der Waals surface area contributed by atoms with Gasteiger partial charge in [0.15, 0.2) is 5.13 Å². The molecule has 3 heterocycles. The molecular formula is C32H30N2O6S. The molecule has 2 aliphatic heterocycles. The normalized spacial score (nSPS) is 19.4. The predicted molar refractivity (Wildman–Crippen MR) is 158 cm³/mol. The van der Waals surface area contributed by atoms with Crippen molar-refractivity contribution in [3.05, 3.63) is 82.9 Å². The quantitative estimate of drug-likeness (QED) is 0.148. The number of hydrogen-bond donors (Lipinski definition) is 1. The summed E-state index contributed by atoms with van der Waals surface area (Å²) in [6.07, 6.45) is 1.56. The van der Waals surface area contributed by atoms with Crippen molar-refractivity contribution in [3.63, 3.8) is 0 Å². The van der Waals surface area contributed by atoms with Crippen molar-refractivity contribution in [1.29, 1.82) is 0 Å². The molecule has 1 fully saturated rings. The van der Waals surface area contributed by atoms with Crippen molar-refractivity contribution in [3.8, 4) is 17.2 Å². The molecule has 1 saturated heterocycles. The lowest BCUT2D eigenvalue weighted by molar-refractivity contribution is -0.132. The number of anilines is 1. The summed E-state index contributed by atoms with van der Waals surface area (Å²) in [5.74, 6) is 0.310. The molecule has 8 nitrogen and oxygen atoms in total. The van der Waals surface area contributed by atoms with Crippen LogP contribution in [0.5, 0.6) is 17.2 Å². The number of aromatic nitrogens is 1. The largest absolute Gasteiger partial charge is 0.507 e. The zero-order chi connectivity index (χ0) is 28.7. The first-order valence-electron chi connectivity index (χ1n) is 13.7. The highest BCUT2D eigenvalue weighted by molar-refractivity contribution is 7.22. The maximum Gasteiger partial charge on any atom is 0.301 e. The van der Waals surface area contributed by atoms with E-state index >= 15 is 0 Å². The van der Waals surface area contributed by atoms with Crippen LogP contribution in [0.4, 0.5) is 5.13 Å². The average molecular weight is 571 g/mol. The molecule has 4 aromatic rings. The number of ketones is 1. The minimum absolute atomic E-state index is 0.00353. The van der Waals surface area contributed by atoms with Crippen LogP contribution < -0.4 is 19.1 Å². The van der Waals surface area contributed by atoms with Gasteiger partial charge >= 0.3 is 5.91 Å². The van der Waals surface area contributed by atoms with E-state index < -0.39 is 17.7 Å². The predicted octanol–water partition coefficient (Wildman–Crippen LogP) is 6.43. The molecule has 0 aliphatic carbocycles. The average Bonchev–Trinajstić information content (AvgIpc) is 3.63. The Kier molecular flexibility index (Phi) is 7.13. The standard InChI is InChI=1S/C32H30N2O6S/c1-4-13-39-22-8-6-7-19(16-22)28-27(29(35)20-9-12-25-21(15-20)14-18(3)40-25)30(36)31(37)34(28)32-33-24-11-10-23(38-5-2)17-26(24)41-32/h6-12,15-18,28,35H,4-5,13-14H2,1-3H3/b29-27+. The van der Waals surface area contributed by atoms with Gasteiger partial charge in [-0.2, -0.15) is 0 Å². The third-order valence-electron chi connectivity index (χ3n) is 7.13. The first-order valence-corrected chi connectivity index (χ1v) is 14.6. The van der Waals surface area contributed by atoms with Crippen LogP contribution in [0.25, 0.3) is 16.0 Å². The van der Waals surface area contributed by atoms with Gasteiger partial charge in [-0.25, -0.2) is 4.98 Å².